The van der Waals surface area contributed by atoms with Gasteiger partial charge in [-0.15, -0.1) is 0 Å². The first-order valence-corrected chi connectivity index (χ1v) is 8.63. The van der Waals surface area contributed by atoms with Crippen molar-refractivity contribution in [3.63, 3.8) is 0 Å². The minimum absolute atomic E-state index is 0.480. The molecule has 0 aliphatic heterocycles. The van der Waals surface area contributed by atoms with Crippen LogP contribution in [0.2, 0.25) is 0 Å². The second kappa shape index (κ2) is 7.28. The fourth-order valence-corrected chi connectivity index (χ4v) is 2.85. The first kappa shape index (κ1) is 17.7. The second-order valence-corrected chi connectivity index (χ2v) is 6.50. The van der Waals surface area contributed by atoms with Crippen LogP contribution in [-0.2, 0) is 31.1 Å². The van der Waals surface area contributed by atoms with E-state index in [-0.39, 0.29) is 0 Å². The average molecular weight is 484 g/mol. The Balaban J connectivity index is 2.37. The Morgan fingerprint density at radius 1 is 1.35 bits per heavy atom. The molecule has 23 heavy (non-hydrogen) atoms. The molecule has 0 radical (unpaired) electrons. The Hall–Kier alpha value is -1.65. The van der Waals surface area contributed by atoms with Crippen molar-refractivity contribution in [2.75, 3.05) is 7.11 Å². The number of hydrogen-bond donors (Lipinski definition) is 0. The molecule has 0 amide bonds. The van der Waals surface area contributed by atoms with E-state index >= 15 is 0 Å². The summed E-state index contributed by atoms with van der Waals surface area (Å²) >= 11 is 1.27. The second-order valence-electron chi connectivity index (χ2n) is 5.17. The van der Waals surface area contributed by atoms with Gasteiger partial charge in [0.1, 0.15) is 0 Å². The fraction of sp³-hybridized carbons (Fsp3) is 0.375. The summed E-state index contributed by atoms with van der Waals surface area (Å²) in [4.78, 5) is 4.51. The van der Waals surface area contributed by atoms with Gasteiger partial charge in [0.05, 0.1) is 0 Å². The van der Waals surface area contributed by atoms with Crippen molar-refractivity contribution in [1.29, 1.82) is 0 Å². The molecule has 0 unspecified atom stereocenters. The summed E-state index contributed by atoms with van der Waals surface area (Å²) in [7, 11) is 3.55. The van der Waals surface area contributed by atoms with Gasteiger partial charge in [-0.25, -0.2) is 0 Å². The molecule has 2 rings (SSSR count). The molecule has 0 aliphatic rings. The molecule has 0 spiro atoms. The molecule has 0 saturated heterocycles. The van der Waals surface area contributed by atoms with Crippen LogP contribution in [0, 0.1) is 13.8 Å². The van der Waals surface area contributed by atoms with Crippen LogP contribution >= 0.6 is 0 Å². The Bertz CT molecular complexity index is 799. The molecule has 6 nitrogen and oxygen atoms in total. The van der Waals surface area contributed by atoms with Gasteiger partial charge in [-0.2, -0.15) is 0 Å². The van der Waals surface area contributed by atoms with Gasteiger partial charge < -0.3 is 0 Å². The van der Waals surface area contributed by atoms with Crippen molar-refractivity contribution in [3.8, 4) is 11.6 Å². The van der Waals surface area contributed by atoms with Crippen LogP contribution in [0.25, 0.3) is 17.2 Å². The summed E-state index contributed by atoms with van der Waals surface area (Å²) < 4.78 is 13.4. The molecular weight excluding hydrogens is 464 g/mol. The van der Waals surface area contributed by atoms with Crippen molar-refractivity contribution in [2.45, 2.75) is 27.7 Å². The first-order chi connectivity index (χ1) is 10.9. The summed E-state index contributed by atoms with van der Waals surface area (Å²) in [5.74, 6) is 1.05. The summed E-state index contributed by atoms with van der Waals surface area (Å²) in [6.45, 7) is 7.90. The van der Waals surface area contributed by atoms with Crippen LogP contribution in [0.3, 0.4) is 0 Å². The molecule has 2 aromatic rings. The minimum atomic E-state index is 0.480. The van der Waals surface area contributed by atoms with Crippen LogP contribution in [0.1, 0.15) is 30.9 Å². The molecule has 0 aliphatic carbocycles. The zero-order valence-electron chi connectivity index (χ0n) is 14.2. The maximum atomic E-state index is 5.43. The van der Waals surface area contributed by atoms with Gasteiger partial charge in [0.2, 0.25) is 0 Å². The van der Waals surface area contributed by atoms with E-state index < -0.39 is 0 Å². The molecule has 7 heteroatoms. The number of nitrogens with zero attached hydrogens (tertiary/aromatic N) is 4. The van der Waals surface area contributed by atoms with Gasteiger partial charge in [0.15, 0.2) is 0 Å². The number of aromatic nitrogens is 4. The maximum absolute atomic E-state index is 5.43. The zero-order valence-corrected chi connectivity index (χ0v) is 17.1. The average Bonchev–Trinajstić information content (AvgIpc) is 3.09. The third-order valence-corrected chi connectivity index (χ3v) is 5.05. The van der Waals surface area contributed by atoms with E-state index in [0.717, 1.165) is 32.2 Å². The monoisotopic (exact) mass is 484 g/mol. The summed E-state index contributed by atoms with van der Waals surface area (Å²) in [5, 5.41) is 8.48. The van der Waals surface area contributed by atoms with Crippen molar-refractivity contribution < 1.29 is 28.6 Å². The van der Waals surface area contributed by atoms with Crippen molar-refractivity contribution in [2.24, 2.45) is 7.05 Å². The van der Waals surface area contributed by atoms with E-state index in [9.17, 15) is 0 Å². The van der Waals surface area contributed by atoms with Gasteiger partial charge in [-0.1, -0.05) is 0 Å². The molecule has 0 bridgehead atoms. The molecular formula is C16H20N4O2W. The predicted octanol–water partition coefficient (Wildman–Crippen LogP) is 2.76. The van der Waals surface area contributed by atoms with Gasteiger partial charge in [-0.3, -0.25) is 0 Å². The van der Waals surface area contributed by atoms with E-state index in [2.05, 4.69) is 15.2 Å². The number of allylic oxidation sites excluding steroid dienone is 2. The summed E-state index contributed by atoms with van der Waals surface area (Å²) in [6.07, 6.45) is 4.01. The zero-order chi connectivity index (χ0) is 17.1. The van der Waals surface area contributed by atoms with Crippen LogP contribution < -0.4 is 0 Å². The molecule has 0 fully saturated rings. The third-order valence-electron chi connectivity index (χ3n) is 3.61. The van der Waals surface area contributed by atoms with E-state index in [1.165, 1.54) is 19.4 Å². The molecule has 0 saturated carbocycles. The van der Waals surface area contributed by atoms with Gasteiger partial charge in [0.25, 0.3) is 0 Å². The van der Waals surface area contributed by atoms with Crippen LogP contribution in [0.5, 0.6) is 0 Å². The van der Waals surface area contributed by atoms with E-state index in [4.69, 9.17) is 9.26 Å². The van der Waals surface area contributed by atoms with E-state index in [0.29, 0.717) is 11.7 Å². The van der Waals surface area contributed by atoms with Crippen molar-refractivity contribution in [1.82, 2.24) is 19.9 Å². The molecule has 2 heterocycles. The predicted molar refractivity (Wildman–Crippen MR) is 85.4 cm³/mol. The first-order valence-electron chi connectivity index (χ1n) is 7.16. The number of ether oxygens (including phenoxy) is 1. The Labute approximate surface area is 146 Å². The van der Waals surface area contributed by atoms with E-state index in [1.54, 1.807) is 11.8 Å². The number of methoxy groups -OCH3 is 1. The summed E-state index contributed by atoms with van der Waals surface area (Å²) in [5.41, 5.74) is 4.80. The van der Waals surface area contributed by atoms with Crippen LogP contribution in [0.15, 0.2) is 22.2 Å². The summed E-state index contributed by atoms with van der Waals surface area (Å²) in [6, 6.07) is 0. The molecule has 122 valence electrons. The van der Waals surface area contributed by atoms with Crippen LogP contribution in [0.4, 0.5) is 0 Å². The Morgan fingerprint density at radius 3 is 2.57 bits per heavy atom. The fourth-order valence-electron chi connectivity index (χ4n) is 2.22. The van der Waals surface area contributed by atoms with E-state index in [1.807, 2.05) is 46.9 Å². The topological polar surface area (TPSA) is 66.0 Å². The third kappa shape index (κ3) is 3.65. The quantitative estimate of drug-likeness (QED) is 0.611. The normalized spacial score (nSPS) is 12.8. The van der Waals surface area contributed by atoms with Crippen molar-refractivity contribution in [3.05, 3.63) is 34.8 Å². The van der Waals surface area contributed by atoms with Crippen LogP contribution in [-0.4, -0.2) is 31.1 Å². The SMILES string of the molecule is C/C=C(\C=C(/C)c1noc(-c2c(C)c(C)nn2C)n1)[C](=[W])OC. The molecule has 2 aromatic heterocycles. The number of aryl methyl sites for hydroxylation is 2. The molecule has 0 atom stereocenters. The molecule has 0 N–H and O–H groups in total. The standard InChI is InChI=1S/C16H20N4O2.W/c1-7-13(9-21-6)8-10(2)15-17-16(22-19-15)14-11(3)12(4)18-20(14)5;/h7-8H,1-6H3;/b10-8+,13-7+;. The van der Waals surface area contributed by atoms with Crippen molar-refractivity contribution >= 4 is 9.66 Å². The number of hydrogen-bond acceptors (Lipinski definition) is 5. The Kier molecular flexibility index (Phi) is 5.60. The van der Waals surface area contributed by atoms with Gasteiger partial charge in [-0.05, 0) is 0 Å². The number of rotatable bonds is 5. The van der Waals surface area contributed by atoms with Gasteiger partial charge >= 0.3 is 146 Å². The Morgan fingerprint density at radius 2 is 2.04 bits per heavy atom. The van der Waals surface area contributed by atoms with Gasteiger partial charge in [0, 0.05) is 0 Å². The molecule has 0 aromatic carbocycles.